The van der Waals surface area contributed by atoms with Crippen molar-refractivity contribution < 1.29 is 13.2 Å². The topological polar surface area (TPSA) is 12.9 Å². The summed E-state index contributed by atoms with van der Waals surface area (Å²) in [5.74, 6) is 0. The summed E-state index contributed by atoms with van der Waals surface area (Å²) in [5, 5.41) is 0. The molecule has 0 atom stereocenters. The highest BCUT2D eigenvalue weighted by Gasteiger charge is 2.33. The van der Waals surface area contributed by atoms with Crippen LogP contribution < -0.4 is 0 Å². The van der Waals surface area contributed by atoms with Gasteiger partial charge in [-0.1, -0.05) is 6.07 Å². The van der Waals surface area contributed by atoms with Crippen molar-refractivity contribution in [1.82, 2.24) is 4.98 Å². The molecular formula is C8H4F3NS. The van der Waals surface area contributed by atoms with Crippen LogP contribution in [-0.2, 0) is 6.18 Å². The molecule has 0 saturated carbocycles. The van der Waals surface area contributed by atoms with Gasteiger partial charge in [-0.3, -0.25) is 0 Å². The molecule has 0 radical (unpaired) electrons. The van der Waals surface area contributed by atoms with E-state index >= 15 is 0 Å². The number of nitrogens with zero attached hydrogens (tertiary/aromatic N) is 1. The summed E-state index contributed by atoms with van der Waals surface area (Å²) >= 11 is 1.21. The van der Waals surface area contributed by atoms with Crippen LogP contribution in [0.5, 0.6) is 0 Å². The zero-order chi connectivity index (χ0) is 9.47. The SMILES string of the molecule is FC(F)(F)c1cccc2scnc12. The molecule has 5 heteroatoms. The lowest BCUT2D eigenvalue weighted by atomic mass is 10.2. The summed E-state index contributed by atoms with van der Waals surface area (Å²) in [6.07, 6.45) is -4.31. The van der Waals surface area contributed by atoms with Gasteiger partial charge in [0.05, 0.1) is 21.3 Å². The molecule has 0 amide bonds. The molecule has 0 bridgehead atoms. The molecule has 2 aromatic rings. The van der Waals surface area contributed by atoms with Crippen LogP contribution >= 0.6 is 11.3 Å². The highest BCUT2D eigenvalue weighted by atomic mass is 32.1. The van der Waals surface area contributed by atoms with Crippen LogP contribution in [0.25, 0.3) is 10.2 Å². The van der Waals surface area contributed by atoms with E-state index in [2.05, 4.69) is 4.98 Å². The van der Waals surface area contributed by atoms with Crippen molar-refractivity contribution in [3.63, 3.8) is 0 Å². The van der Waals surface area contributed by atoms with E-state index in [1.165, 1.54) is 22.9 Å². The molecule has 0 spiro atoms. The van der Waals surface area contributed by atoms with Crippen molar-refractivity contribution in [3.05, 3.63) is 29.3 Å². The second-order valence-electron chi connectivity index (χ2n) is 2.50. The van der Waals surface area contributed by atoms with Gasteiger partial charge in [0.1, 0.15) is 0 Å². The van der Waals surface area contributed by atoms with E-state index in [9.17, 15) is 13.2 Å². The first-order valence-corrected chi connectivity index (χ1v) is 4.36. The number of thiazole rings is 1. The van der Waals surface area contributed by atoms with Crippen molar-refractivity contribution in [1.29, 1.82) is 0 Å². The molecule has 0 aliphatic rings. The van der Waals surface area contributed by atoms with Crippen LogP contribution in [0.1, 0.15) is 5.56 Å². The number of aromatic nitrogens is 1. The Morgan fingerprint density at radius 1 is 1.23 bits per heavy atom. The summed E-state index contributed by atoms with van der Waals surface area (Å²) in [6, 6.07) is 4.06. The molecule has 68 valence electrons. The van der Waals surface area contributed by atoms with E-state index in [1.807, 2.05) is 0 Å². The summed E-state index contributed by atoms with van der Waals surface area (Å²) in [7, 11) is 0. The summed E-state index contributed by atoms with van der Waals surface area (Å²) in [6.45, 7) is 0. The Hall–Kier alpha value is -1.10. The maximum absolute atomic E-state index is 12.4. The zero-order valence-electron chi connectivity index (χ0n) is 6.30. The molecule has 1 aromatic heterocycles. The van der Waals surface area contributed by atoms with Gasteiger partial charge in [0.15, 0.2) is 0 Å². The lowest BCUT2D eigenvalue weighted by Gasteiger charge is -2.05. The molecule has 0 aliphatic carbocycles. The predicted octanol–water partition coefficient (Wildman–Crippen LogP) is 3.32. The average Bonchev–Trinajstić information content (AvgIpc) is 2.48. The standard InChI is InChI=1S/C8H4F3NS/c9-8(10,11)5-2-1-3-6-7(5)12-4-13-6/h1-4H. The van der Waals surface area contributed by atoms with Crippen LogP contribution in [0, 0.1) is 0 Å². The number of rotatable bonds is 0. The van der Waals surface area contributed by atoms with Crippen molar-refractivity contribution in [2.45, 2.75) is 6.18 Å². The average molecular weight is 203 g/mol. The molecule has 0 fully saturated rings. The van der Waals surface area contributed by atoms with Gasteiger partial charge in [-0.2, -0.15) is 13.2 Å². The number of halogens is 3. The summed E-state index contributed by atoms with van der Waals surface area (Å²) in [5.41, 5.74) is 0.797. The molecule has 0 aliphatic heterocycles. The molecule has 13 heavy (non-hydrogen) atoms. The summed E-state index contributed by atoms with van der Waals surface area (Å²) < 4.78 is 37.6. The fraction of sp³-hybridized carbons (Fsp3) is 0.125. The first-order chi connectivity index (χ1) is 6.09. The quantitative estimate of drug-likeness (QED) is 0.640. The normalized spacial score (nSPS) is 12.2. The minimum Gasteiger partial charge on any atom is -0.244 e. The third-order valence-corrected chi connectivity index (χ3v) is 2.46. The van der Waals surface area contributed by atoms with Gasteiger partial charge in [-0.05, 0) is 12.1 Å². The van der Waals surface area contributed by atoms with Gasteiger partial charge in [-0.15, -0.1) is 11.3 Å². The van der Waals surface area contributed by atoms with Gasteiger partial charge in [0.25, 0.3) is 0 Å². The number of hydrogen-bond acceptors (Lipinski definition) is 2. The third-order valence-electron chi connectivity index (χ3n) is 1.67. The van der Waals surface area contributed by atoms with Gasteiger partial charge in [0.2, 0.25) is 0 Å². The molecule has 1 nitrogen and oxygen atoms in total. The van der Waals surface area contributed by atoms with E-state index in [-0.39, 0.29) is 5.52 Å². The Balaban J connectivity index is 2.75. The van der Waals surface area contributed by atoms with Crippen LogP contribution in [0.2, 0.25) is 0 Å². The zero-order valence-corrected chi connectivity index (χ0v) is 7.12. The van der Waals surface area contributed by atoms with Crippen molar-refractivity contribution >= 4 is 21.6 Å². The molecule has 0 unspecified atom stereocenters. The first kappa shape index (κ1) is 8.50. The molecule has 1 heterocycles. The molecule has 1 aromatic carbocycles. The Bertz CT molecular complexity index is 432. The molecule has 0 saturated heterocycles. The largest absolute Gasteiger partial charge is 0.418 e. The van der Waals surface area contributed by atoms with E-state index < -0.39 is 11.7 Å². The number of fused-ring (bicyclic) bond motifs is 1. The Morgan fingerprint density at radius 2 is 2.00 bits per heavy atom. The van der Waals surface area contributed by atoms with Crippen LogP contribution in [0.15, 0.2) is 23.7 Å². The van der Waals surface area contributed by atoms with E-state index in [4.69, 9.17) is 0 Å². The Kier molecular flexibility index (Phi) is 1.76. The minimum atomic E-state index is -4.31. The van der Waals surface area contributed by atoms with Crippen LogP contribution in [0.4, 0.5) is 13.2 Å². The number of hydrogen-bond donors (Lipinski definition) is 0. The predicted molar refractivity (Wildman–Crippen MR) is 44.6 cm³/mol. The van der Waals surface area contributed by atoms with Crippen molar-refractivity contribution in [2.24, 2.45) is 0 Å². The molecular weight excluding hydrogens is 199 g/mol. The number of benzene rings is 1. The lowest BCUT2D eigenvalue weighted by Crippen LogP contribution is -2.05. The first-order valence-electron chi connectivity index (χ1n) is 3.48. The third kappa shape index (κ3) is 1.39. The van der Waals surface area contributed by atoms with Crippen molar-refractivity contribution in [3.8, 4) is 0 Å². The second-order valence-corrected chi connectivity index (χ2v) is 3.39. The Morgan fingerprint density at radius 3 is 2.69 bits per heavy atom. The van der Waals surface area contributed by atoms with Gasteiger partial charge >= 0.3 is 6.18 Å². The highest BCUT2D eigenvalue weighted by Crippen LogP contribution is 2.34. The van der Waals surface area contributed by atoms with Crippen molar-refractivity contribution in [2.75, 3.05) is 0 Å². The van der Waals surface area contributed by atoms with Gasteiger partial charge < -0.3 is 0 Å². The van der Waals surface area contributed by atoms with Gasteiger partial charge in [0, 0.05) is 0 Å². The van der Waals surface area contributed by atoms with E-state index in [0.717, 1.165) is 6.07 Å². The van der Waals surface area contributed by atoms with E-state index in [1.54, 1.807) is 6.07 Å². The minimum absolute atomic E-state index is 0.0417. The van der Waals surface area contributed by atoms with Crippen LogP contribution in [-0.4, -0.2) is 4.98 Å². The maximum atomic E-state index is 12.4. The number of para-hydroxylation sites is 1. The summed E-state index contributed by atoms with van der Waals surface area (Å²) in [4.78, 5) is 3.68. The second kappa shape index (κ2) is 2.70. The molecule has 0 N–H and O–H groups in total. The lowest BCUT2D eigenvalue weighted by molar-refractivity contribution is -0.136. The maximum Gasteiger partial charge on any atom is 0.418 e. The van der Waals surface area contributed by atoms with Gasteiger partial charge in [-0.25, -0.2) is 4.98 Å². The fourth-order valence-electron chi connectivity index (χ4n) is 1.12. The molecule has 2 rings (SSSR count). The Labute approximate surface area is 75.8 Å². The van der Waals surface area contributed by atoms with E-state index in [0.29, 0.717) is 4.70 Å². The smallest absolute Gasteiger partial charge is 0.244 e. The number of alkyl halides is 3. The fourth-order valence-corrected chi connectivity index (χ4v) is 1.82. The monoisotopic (exact) mass is 203 g/mol. The highest BCUT2D eigenvalue weighted by molar-refractivity contribution is 7.16. The van der Waals surface area contributed by atoms with Crippen LogP contribution in [0.3, 0.4) is 0 Å².